The lowest BCUT2D eigenvalue weighted by molar-refractivity contribution is 0.987. The zero-order valence-electron chi connectivity index (χ0n) is 6.96. The number of hydrogen-bond donors (Lipinski definition) is 0. The number of allylic oxidation sites excluding steroid dienone is 1. The molecule has 2 nitrogen and oxygen atoms in total. The van der Waals surface area contributed by atoms with E-state index in [1.807, 2.05) is 6.92 Å². The molecule has 0 aliphatic rings. The van der Waals surface area contributed by atoms with Crippen LogP contribution in [0.4, 0.5) is 0 Å². The monoisotopic (exact) mass is 148 g/mol. The SMILES string of the molecule is C=C(C)c1cncc(CC)n1. The first kappa shape index (κ1) is 7.92. The lowest BCUT2D eigenvalue weighted by atomic mass is 10.2. The summed E-state index contributed by atoms with van der Waals surface area (Å²) in [4.78, 5) is 8.38. The average molecular weight is 148 g/mol. The standard InChI is InChI=1S/C9H12N2/c1-4-8-5-10-6-9(11-8)7(2)3/h5-6H,2,4H2,1,3H3. The quantitative estimate of drug-likeness (QED) is 0.641. The van der Waals surface area contributed by atoms with Crippen LogP contribution in [0.25, 0.3) is 5.57 Å². The third-order valence-electron chi connectivity index (χ3n) is 1.48. The highest BCUT2D eigenvalue weighted by Crippen LogP contribution is 2.06. The molecule has 0 radical (unpaired) electrons. The van der Waals surface area contributed by atoms with Crippen molar-refractivity contribution in [1.29, 1.82) is 0 Å². The Morgan fingerprint density at radius 2 is 2.27 bits per heavy atom. The summed E-state index contributed by atoms with van der Waals surface area (Å²) in [6, 6.07) is 0. The molecule has 2 heteroatoms. The van der Waals surface area contributed by atoms with Crippen molar-refractivity contribution >= 4 is 5.57 Å². The molecule has 1 aromatic rings. The fourth-order valence-corrected chi connectivity index (χ4v) is 0.782. The molecule has 1 rings (SSSR count). The van der Waals surface area contributed by atoms with Gasteiger partial charge in [-0.1, -0.05) is 13.5 Å². The summed E-state index contributed by atoms with van der Waals surface area (Å²) in [5.74, 6) is 0. The van der Waals surface area contributed by atoms with Gasteiger partial charge < -0.3 is 0 Å². The molecule has 0 bridgehead atoms. The second-order valence-corrected chi connectivity index (χ2v) is 2.53. The maximum absolute atomic E-state index is 4.33. The normalized spacial score (nSPS) is 9.64. The molecule has 0 fully saturated rings. The van der Waals surface area contributed by atoms with Crippen LogP contribution in [0.2, 0.25) is 0 Å². The maximum atomic E-state index is 4.33. The lowest BCUT2D eigenvalue weighted by Gasteiger charge is -1.99. The van der Waals surface area contributed by atoms with Crippen molar-refractivity contribution in [3.05, 3.63) is 30.4 Å². The van der Waals surface area contributed by atoms with Gasteiger partial charge in [-0.3, -0.25) is 4.98 Å². The third-order valence-corrected chi connectivity index (χ3v) is 1.48. The van der Waals surface area contributed by atoms with Crippen molar-refractivity contribution in [2.75, 3.05) is 0 Å². The lowest BCUT2D eigenvalue weighted by Crippen LogP contribution is -1.93. The van der Waals surface area contributed by atoms with Gasteiger partial charge in [0.1, 0.15) is 0 Å². The molecule has 1 heterocycles. The van der Waals surface area contributed by atoms with E-state index in [1.165, 1.54) is 0 Å². The highest BCUT2D eigenvalue weighted by molar-refractivity contribution is 5.56. The molecule has 0 amide bonds. The molecule has 0 aromatic carbocycles. The zero-order valence-corrected chi connectivity index (χ0v) is 6.96. The Labute approximate surface area is 67.0 Å². The Bertz CT molecular complexity index is 266. The Hall–Kier alpha value is -1.18. The van der Waals surface area contributed by atoms with Gasteiger partial charge in [0.15, 0.2) is 0 Å². The second kappa shape index (κ2) is 3.28. The number of aryl methyl sites for hydroxylation is 1. The van der Waals surface area contributed by atoms with Gasteiger partial charge in [-0.25, -0.2) is 4.98 Å². The predicted octanol–water partition coefficient (Wildman–Crippen LogP) is 2.07. The Balaban J connectivity index is 3.01. The summed E-state index contributed by atoms with van der Waals surface area (Å²) in [7, 11) is 0. The largest absolute Gasteiger partial charge is 0.261 e. The number of rotatable bonds is 2. The Morgan fingerprint density at radius 1 is 1.55 bits per heavy atom. The van der Waals surface area contributed by atoms with E-state index in [0.29, 0.717) is 0 Å². The molecule has 0 unspecified atom stereocenters. The molecule has 1 aromatic heterocycles. The van der Waals surface area contributed by atoms with Crippen molar-refractivity contribution in [1.82, 2.24) is 9.97 Å². The summed E-state index contributed by atoms with van der Waals surface area (Å²) in [6.45, 7) is 7.79. The minimum atomic E-state index is 0.893. The number of hydrogen-bond acceptors (Lipinski definition) is 2. The van der Waals surface area contributed by atoms with Gasteiger partial charge in [0.05, 0.1) is 17.6 Å². The van der Waals surface area contributed by atoms with Crippen LogP contribution in [0.5, 0.6) is 0 Å². The summed E-state index contributed by atoms with van der Waals surface area (Å²) in [5.41, 5.74) is 2.88. The summed E-state index contributed by atoms with van der Waals surface area (Å²) >= 11 is 0. The van der Waals surface area contributed by atoms with Crippen molar-refractivity contribution in [2.24, 2.45) is 0 Å². The van der Waals surface area contributed by atoms with E-state index in [4.69, 9.17) is 0 Å². The van der Waals surface area contributed by atoms with E-state index in [-0.39, 0.29) is 0 Å². The molecular weight excluding hydrogens is 136 g/mol. The van der Waals surface area contributed by atoms with Crippen LogP contribution in [0.1, 0.15) is 25.2 Å². The Kier molecular flexibility index (Phi) is 2.36. The molecule has 0 aliphatic heterocycles. The first-order chi connectivity index (χ1) is 5.24. The van der Waals surface area contributed by atoms with Gasteiger partial charge in [0.2, 0.25) is 0 Å². The number of nitrogens with zero attached hydrogens (tertiary/aromatic N) is 2. The zero-order chi connectivity index (χ0) is 8.27. The molecule has 0 N–H and O–H groups in total. The summed E-state index contributed by atoms with van der Waals surface area (Å²) in [5, 5.41) is 0. The summed E-state index contributed by atoms with van der Waals surface area (Å²) < 4.78 is 0. The summed E-state index contributed by atoms with van der Waals surface area (Å²) in [6.07, 6.45) is 4.45. The maximum Gasteiger partial charge on any atom is 0.0839 e. The molecule has 0 saturated carbocycles. The fraction of sp³-hybridized carbons (Fsp3) is 0.333. The van der Waals surface area contributed by atoms with Gasteiger partial charge in [0.25, 0.3) is 0 Å². The van der Waals surface area contributed by atoms with E-state index >= 15 is 0 Å². The predicted molar refractivity (Wildman–Crippen MR) is 46.1 cm³/mol. The van der Waals surface area contributed by atoms with Crippen LogP contribution >= 0.6 is 0 Å². The van der Waals surface area contributed by atoms with E-state index in [0.717, 1.165) is 23.4 Å². The van der Waals surface area contributed by atoms with Gasteiger partial charge in [-0.2, -0.15) is 0 Å². The topological polar surface area (TPSA) is 25.8 Å². The molecule has 11 heavy (non-hydrogen) atoms. The van der Waals surface area contributed by atoms with Crippen LogP contribution in [0.3, 0.4) is 0 Å². The highest BCUT2D eigenvalue weighted by Gasteiger charge is 1.95. The first-order valence-corrected chi connectivity index (χ1v) is 3.71. The van der Waals surface area contributed by atoms with E-state index in [2.05, 4.69) is 23.5 Å². The van der Waals surface area contributed by atoms with Crippen molar-refractivity contribution in [2.45, 2.75) is 20.3 Å². The smallest absolute Gasteiger partial charge is 0.0839 e. The van der Waals surface area contributed by atoms with Crippen molar-refractivity contribution in [3.8, 4) is 0 Å². The fourth-order valence-electron chi connectivity index (χ4n) is 0.782. The molecule has 0 saturated heterocycles. The van der Waals surface area contributed by atoms with Crippen LogP contribution in [0, 0.1) is 0 Å². The van der Waals surface area contributed by atoms with Crippen LogP contribution in [-0.2, 0) is 6.42 Å². The van der Waals surface area contributed by atoms with Crippen molar-refractivity contribution in [3.63, 3.8) is 0 Å². The molecule has 0 aliphatic carbocycles. The van der Waals surface area contributed by atoms with E-state index in [9.17, 15) is 0 Å². The van der Waals surface area contributed by atoms with Crippen molar-refractivity contribution < 1.29 is 0 Å². The molecular formula is C9H12N2. The Morgan fingerprint density at radius 3 is 2.82 bits per heavy atom. The molecule has 58 valence electrons. The molecule has 0 atom stereocenters. The first-order valence-electron chi connectivity index (χ1n) is 3.71. The van der Waals surface area contributed by atoms with Gasteiger partial charge >= 0.3 is 0 Å². The number of aromatic nitrogens is 2. The van der Waals surface area contributed by atoms with Gasteiger partial charge in [-0.15, -0.1) is 0 Å². The average Bonchev–Trinajstić information content (AvgIpc) is 2.05. The van der Waals surface area contributed by atoms with Gasteiger partial charge in [-0.05, 0) is 18.9 Å². The third kappa shape index (κ3) is 1.87. The highest BCUT2D eigenvalue weighted by atomic mass is 14.8. The molecule has 0 spiro atoms. The van der Waals surface area contributed by atoms with E-state index in [1.54, 1.807) is 12.4 Å². The van der Waals surface area contributed by atoms with Crippen LogP contribution in [0.15, 0.2) is 19.0 Å². The van der Waals surface area contributed by atoms with E-state index < -0.39 is 0 Å². The van der Waals surface area contributed by atoms with Crippen LogP contribution < -0.4 is 0 Å². The van der Waals surface area contributed by atoms with Gasteiger partial charge in [0, 0.05) is 6.20 Å². The minimum absolute atomic E-state index is 0.893. The second-order valence-electron chi connectivity index (χ2n) is 2.53. The van der Waals surface area contributed by atoms with Crippen LogP contribution in [-0.4, -0.2) is 9.97 Å². The minimum Gasteiger partial charge on any atom is -0.261 e.